The number of carboxylic acids is 1. The number of hydrogen-bond donors (Lipinski definition) is 2. The largest absolute Gasteiger partial charge is 0.492 e. The van der Waals surface area contributed by atoms with Crippen LogP contribution in [0.1, 0.15) is 23.0 Å². The lowest BCUT2D eigenvalue weighted by Gasteiger charge is -2.11. The molecule has 1 aromatic heterocycles. The van der Waals surface area contributed by atoms with Crippen LogP contribution in [0.3, 0.4) is 0 Å². The van der Waals surface area contributed by atoms with Crippen molar-refractivity contribution in [3.63, 3.8) is 0 Å². The van der Waals surface area contributed by atoms with Crippen molar-refractivity contribution in [2.24, 2.45) is 0 Å². The number of carbonyl (C=O) groups is 1. The fourth-order valence-electron chi connectivity index (χ4n) is 1.68. The molecule has 1 heterocycles. The third-order valence-corrected chi connectivity index (χ3v) is 3.37. The standard InChI is InChI=1S/C13H14N2O3S/c1-3-18-10-7-5-4-6-9(10)14-12-11(13(16)17)8(2)15-19-12/h4-7,14H,3H2,1-2H3,(H,16,17). The molecule has 2 N–H and O–H groups in total. The van der Waals surface area contributed by atoms with Crippen LogP contribution in [0.25, 0.3) is 0 Å². The van der Waals surface area contributed by atoms with Crippen molar-refractivity contribution in [2.75, 3.05) is 11.9 Å². The van der Waals surface area contributed by atoms with Gasteiger partial charge in [-0.15, -0.1) is 0 Å². The first kappa shape index (κ1) is 13.4. The second kappa shape index (κ2) is 5.71. The molecule has 2 aromatic rings. The van der Waals surface area contributed by atoms with Crippen molar-refractivity contribution in [3.05, 3.63) is 35.5 Å². The van der Waals surface area contributed by atoms with Crippen LogP contribution in [-0.2, 0) is 0 Å². The lowest BCUT2D eigenvalue weighted by molar-refractivity contribution is 0.0697. The molecule has 2 rings (SSSR count). The number of aromatic nitrogens is 1. The zero-order valence-electron chi connectivity index (χ0n) is 10.6. The number of aryl methyl sites for hydroxylation is 1. The van der Waals surface area contributed by atoms with E-state index in [9.17, 15) is 9.90 Å². The molecule has 0 spiro atoms. The average Bonchev–Trinajstić information content (AvgIpc) is 2.73. The summed E-state index contributed by atoms with van der Waals surface area (Å²) in [7, 11) is 0. The minimum atomic E-state index is -0.984. The van der Waals surface area contributed by atoms with E-state index in [1.54, 1.807) is 6.92 Å². The highest BCUT2D eigenvalue weighted by Gasteiger charge is 2.18. The summed E-state index contributed by atoms with van der Waals surface area (Å²) >= 11 is 1.13. The van der Waals surface area contributed by atoms with Crippen LogP contribution < -0.4 is 10.1 Å². The second-order valence-corrected chi connectivity index (χ2v) is 4.60. The fourth-order valence-corrected chi connectivity index (χ4v) is 2.48. The topological polar surface area (TPSA) is 71.5 Å². The van der Waals surface area contributed by atoms with Gasteiger partial charge in [-0.05, 0) is 37.5 Å². The molecule has 0 amide bonds. The van der Waals surface area contributed by atoms with Gasteiger partial charge >= 0.3 is 5.97 Å². The summed E-state index contributed by atoms with van der Waals surface area (Å²) in [5.74, 6) is -0.296. The Hall–Kier alpha value is -2.08. The zero-order valence-corrected chi connectivity index (χ0v) is 11.5. The van der Waals surface area contributed by atoms with Crippen LogP contribution in [0.15, 0.2) is 24.3 Å². The van der Waals surface area contributed by atoms with E-state index in [4.69, 9.17) is 4.74 Å². The van der Waals surface area contributed by atoms with E-state index in [2.05, 4.69) is 9.69 Å². The summed E-state index contributed by atoms with van der Waals surface area (Å²) in [6.07, 6.45) is 0. The van der Waals surface area contributed by atoms with E-state index in [0.717, 1.165) is 17.2 Å². The summed E-state index contributed by atoms with van der Waals surface area (Å²) in [6.45, 7) is 4.13. The van der Waals surface area contributed by atoms with Gasteiger partial charge in [-0.3, -0.25) is 0 Å². The highest BCUT2D eigenvalue weighted by molar-refractivity contribution is 7.10. The number of aromatic carboxylic acids is 1. The number of para-hydroxylation sites is 2. The zero-order chi connectivity index (χ0) is 13.8. The Morgan fingerprint density at radius 3 is 2.89 bits per heavy atom. The molecule has 1 aromatic carbocycles. The van der Waals surface area contributed by atoms with Crippen LogP contribution in [0, 0.1) is 6.92 Å². The van der Waals surface area contributed by atoms with Crippen molar-refractivity contribution < 1.29 is 14.6 Å². The highest BCUT2D eigenvalue weighted by Crippen LogP contribution is 2.32. The van der Waals surface area contributed by atoms with Crippen molar-refractivity contribution >= 4 is 28.2 Å². The Bertz CT molecular complexity index is 595. The van der Waals surface area contributed by atoms with Crippen molar-refractivity contribution in [1.82, 2.24) is 4.37 Å². The third kappa shape index (κ3) is 2.85. The van der Waals surface area contributed by atoms with Crippen LogP contribution in [0.4, 0.5) is 10.7 Å². The lowest BCUT2D eigenvalue weighted by Crippen LogP contribution is -2.02. The van der Waals surface area contributed by atoms with E-state index in [0.29, 0.717) is 23.1 Å². The van der Waals surface area contributed by atoms with Crippen LogP contribution >= 0.6 is 11.5 Å². The molecule has 0 aliphatic rings. The molecule has 0 fully saturated rings. The van der Waals surface area contributed by atoms with E-state index >= 15 is 0 Å². The molecular formula is C13H14N2O3S. The van der Waals surface area contributed by atoms with Gasteiger partial charge in [-0.25, -0.2) is 4.79 Å². The number of nitrogens with zero attached hydrogens (tertiary/aromatic N) is 1. The number of ether oxygens (including phenoxy) is 1. The summed E-state index contributed by atoms with van der Waals surface area (Å²) < 4.78 is 9.56. The number of anilines is 2. The van der Waals surface area contributed by atoms with Gasteiger partial charge in [0.2, 0.25) is 0 Å². The van der Waals surface area contributed by atoms with Gasteiger partial charge in [0.05, 0.1) is 18.0 Å². The van der Waals surface area contributed by atoms with Gasteiger partial charge in [-0.1, -0.05) is 12.1 Å². The molecule has 0 saturated carbocycles. The molecule has 0 atom stereocenters. The van der Waals surface area contributed by atoms with Crippen molar-refractivity contribution in [3.8, 4) is 5.75 Å². The molecule has 19 heavy (non-hydrogen) atoms. The molecule has 0 radical (unpaired) electrons. The van der Waals surface area contributed by atoms with Crippen molar-refractivity contribution in [1.29, 1.82) is 0 Å². The number of benzene rings is 1. The molecule has 0 aliphatic carbocycles. The molecule has 5 nitrogen and oxygen atoms in total. The van der Waals surface area contributed by atoms with Gasteiger partial charge < -0.3 is 15.2 Å². The fraction of sp³-hybridized carbons (Fsp3) is 0.231. The lowest BCUT2D eigenvalue weighted by atomic mass is 10.2. The predicted octanol–water partition coefficient (Wildman–Crippen LogP) is 3.29. The Morgan fingerprint density at radius 1 is 1.47 bits per heavy atom. The van der Waals surface area contributed by atoms with Gasteiger partial charge in [0.15, 0.2) is 0 Å². The number of carboxylic acid groups (broad SMARTS) is 1. The Kier molecular flexibility index (Phi) is 4.01. The Balaban J connectivity index is 2.34. The predicted molar refractivity (Wildman–Crippen MR) is 74.7 cm³/mol. The first-order valence-corrected chi connectivity index (χ1v) is 6.59. The first-order valence-electron chi connectivity index (χ1n) is 5.82. The molecule has 0 bridgehead atoms. The van der Waals surface area contributed by atoms with E-state index < -0.39 is 5.97 Å². The molecular weight excluding hydrogens is 264 g/mol. The smallest absolute Gasteiger partial charge is 0.340 e. The van der Waals surface area contributed by atoms with Crippen LogP contribution in [-0.4, -0.2) is 22.1 Å². The SMILES string of the molecule is CCOc1ccccc1Nc1snc(C)c1C(=O)O. The van der Waals surface area contributed by atoms with E-state index in [-0.39, 0.29) is 5.56 Å². The summed E-state index contributed by atoms with van der Waals surface area (Å²) in [6, 6.07) is 7.40. The van der Waals surface area contributed by atoms with Crippen LogP contribution in [0.5, 0.6) is 5.75 Å². The molecule has 6 heteroatoms. The molecule has 0 saturated heterocycles. The normalized spacial score (nSPS) is 10.2. The number of nitrogens with one attached hydrogen (secondary N) is 1. The quantitative estimate of drug-likeness (QED) is 0.878. The van der Waals surface area contributed by atoms with Gasteiger partial charge in [0.25, 0.3) is 0 Å². The van der Waals surface area contributed by atoms with E-state index in [1.807, 2.05) is 31.2 Å². The monoisotopic (exact) mass is 278 g/mol. The molecule has 100 valence electrons. The summed E-state index contributed by atoms with van der Waals surface area (Å²) in [5.41, 5.74) is 1.45. The highest BCUT2D eigenvalue weighted by atomic mass is 32.1. The summed E-state index contributed by atoms with van der Waals surface area (Å²) in [4.78, 5) is 11.2. The van der Waals surface area contributed by atoms with Gasteiger partial charge in [0.1, 0.15) is 16.3 Å². The summed E-state index contributed by atoms with van der Waals surface area (Å²) in [5, 5.41) is 12.8. The first-order chi connectivity index (χ1) is 9.13. The van der Waals surface area contributed by atoms with Crippen LogP contribution in [0.2, 0.25) is 0 Å². The third-order valence-electron chi connectivity index (χ3n) is 2.51. The Morgan fingerprint density at radius 2 is 2.21 bits per heavy atom. The minimum absolute atomic E-state index is 0.205. The number of rotatable bonds is 5. The molecule has 0 aliphatic heterocycles. The average molecular weight is 278 g/mol. The second-order valence-electron chi connectivity index (χ2n) is 3.83. The maximum absolute atomic E-state index is 11.2. The van der Waals surface area contributed by atoms with E-state index in [1.165, 1.54) is 0 Å². The maximum Gasteiger partial charge on any atom is 0.340 e. The minimum Gasteiger partial charge on any atom is -0.492 e. The van der Waals surface area contributed by atoms with Gasteiger partial charge in [-0.2, -0.15) is 4.37 Å². The molecule has 0 unspecified atom stereocenters. The Labute approximate surface area is 115 Å². The maximum atomic E-state index is 11.2. The van der Waals surface area contributed by atoms with Gasteiger partial charge in [0, 0.05) is 0 Å². The van der Waals surface area contributed by atoms with Crippen molar-refractivity contribution in [2.45, 2.75) is 13.8 Å². The number of hydrogen-bond acceptors (Lipinski definition) is 5.